The molecule has 1 aromatic heterocycles. The van der Waals surface area contributed by atoms with Gasteiger partial charge in [-0.25, -0.2) is 0 Å². The quantitative estimate of drug-likeness (QED) is 0.225. The Hall–Kier alpha value is -0.323. The molecule has 1 aromatic rings. The van der Waals surface area contributed by atoms with Crippen LogP contribution in [0.5, 0.6) is 0 Å². The van der Waals surface area contributed by atoms with Gasteiger partial charge in [-0.1, -0.05) is 13.1 Å². The van der Waals surface area contributed by atoms with Crippen molar-refractivity contribution in [2.75, 3.05) is 0 Å². The summed E-state index contributed by atoms with van der Waals surface area (Å²) in [5, 5.41) is 0. The van der Waals surface area contributed by atoms with E-state index in [2.05, 4.69) is 11.1 Å². The van der Waals surface area contributed by atoms with Crippen LogP contribution in [0.2, 0.25) is 0 Å². The van der Waals surface area contributed by atoms with Gasteiger partial charge in [-0.3, -0.25) is 4.39 Å². The van der Waals surface area contributed by atoms with Gasteiger partial charge in [-0.05, 0) is 0 Å². The summed E-state index contributed by atoms with van der Waals surface area (Å²) >= 11 is 0. The Bertz CT molecular complexity index is 169. The van der Waals surface area contributed by atoms with Gasteiger partial charge in [0.1, 0.15) is 0 Å². The fraction of sp³-hybridized carbons (Fsp3) is 0.167. The molecule has 0 saturated heterocycles. The van der Waals surface area contributed by atoms with Crippen LogP contribution in [0.3, 0.4) is 0 Å². The summed E-state index contributed by atoms with van der Waals surface area (Å²) in [6.07, 6.45) is 1.38. The summed E-state index contributed by atoms with van der Waals surface area (Å²) in [6, 6.07) is 4.24. The van der Waals surface area contributed by atoms with E-state index in [9.17, 15) is 4.39 Å². The monoisotopic (exact) mass is 117 g/mol. The molecule has 0 N–H and O–H groups in total. The van der Waals surface area contributed by atoms with Gasteiger partial charge in [0.2, 0.25) is 0 Å². The minimum Gasteiger partial charge on any atom is -0.358 e. The zero-order valence-electron chi connectivity index (χ0n) is 5.48. The van der Waals surface area contributed by atoms with Crippen molar-refractivity contribution in [3.63, 3.8) is 0 Å². The van der Waals surface area contributed by atoms with E-state index in [4.69, 9.17) is 0 Å². The number of hydrogen-bond acceptors (Lipinski definition) is 1. The number of hydrogen-bond donors (Lipinski definition) is 0. The third kappa shape index (κ3) is 2.17. The van der Waals surface area contributed by atoms with Crippen molar-refractivity contribution >= 4 is 0 Å². The second kappa shape index (κ2) is 3.66. The largest absolute Gasteiger partial charge is 1.00 e. The second-order valence-corrected chi connectivity index (χ2v) is 1.50. The normalized spacial score (nSPS) is 8.22. The maximum Gasteiger partial charge on any atom is 1.00 e. The summed E-state index contributed by atoms with van der Waals surface area (Å²) in [6.45, 7) is 1.63. The molecular formula is C6H5FLiN. The molecule has 42 valence electrons. The Kier molecular flexibility index (Phi) is 3.52. The molecule has 0 saturated carbocycles. The summed E-state index contributed by atoms with van der Waals surface area (Å²) < 4.78 is 12.2. The van der Waals surface area contributed by atoms with E-state index in [0.29, 0.717) is 5.56 Å². The number of pyridine rings is 1. The smallest absolute Gasteiger partial charge is 0.358 e. The van der Waals surface area contributed by atoms with Gasteiger partial charge >= 0.3 is 18.9 Å². The van der Waals surface area contributed by atoms with Crippen LogP contribution in [0, 0.1) is 18.9 Å². The van der Waals surface area contributed by atoms with Crippen molar-refractivity contribution in [2.45, 2.75) is 6.92 Å². The van der Waals surface area contributed by atoms with Gasteiger partial charge in [0, 0.05) is 0 Å². The summed E-state index contributed by atoms with van der Waals surface area (Å²) in [4.78, 5) is 3.38. The van der Waals surface area contributed by atoms with E-state index in [0.717, 1.165) is 0 Å². The number of nitrogens with zero attached hydrogens (tertiary/aromatic N) is 1. The first-order chi connectivity index (χ1) is 3.80. The van der Waals surface area contributed by atoms with Crippen LogP contribution < -0.4 is 18.9 Å². The topological polar surface area (TPSA) is 12.9 Å². The minimum atomic E-state index is -0.437. The fourth-order valence-corrected chi connectivity index (χ4v) is 0.421. The van der Waals surface area contributed by atoms with Gasteiger partial charge in [0.15, 0.2) is 0 Å². The molecule has 1 nitrogen and oxygen atoms in total. The molecule has 1 heterocycles. The second-order valence-electron chi connectivity index (χ2n) is 1.50. The van der Waals surface area contributed by atoms with E-state index in [1.165, 1.54) is 6.20 Å². The average molecular weight is 117 g/mol. The molecular weight excluding hydrogens is 112 g/mol. The van der Waals surface area contributed by atoms with Crippen molar-refractivity contribution in [2.24, 2.45) is 0 Å². The molecule has 0 atom stereocenters. The Morgan fingerprint density at radius 2 is 2.33 bits per heavy atom. The van der Waals surface area contributed by atoms with E-state index >= 15 is 0 Å². The summed E-state index contributed by atoms with van der Waals surface area (Å²) in [5.41, 5.74) is 0.465. The van der Waals surface area contributed by atoms with E-state index in [1.54, 1.807) is 13.0 Å². The third-order valence-corrected chi connectivity index (χ3v) is 0.872. The zero-order chi connectivity index (χ0) is 5.98. The van der Waals surface area contributed by atoms with Gasteiger partial charge in [0.05, 0.1) is 5.95 Å². The molecule has 0 aliphatic rings. The Morgan fingerprint density at radius 3 is 2.67 bits per heavy atom. The number of aryl methyl sites for hydroxylation is 1. The van der Waals surface area contributed by atoms with Gasteiger partial charge < -0.3 is 4.98 Å². The Balaban J connectivity index is 0.000000640. The van der Waals surface area contributed by atoms with E-state index in [-0.39, 0.29) is 18.9 Å². The van der Waals surface area contributed by atoms with Crippen LogP contribution in [0.15, 0.2) is 12.3 Å². The fourth-order valence-electron chi connectivity index (χ4n) is 0.421. The molecule has 0 radical (unpaired) electrons. The Morgan fingerprint density at radius 1 is 1.67 bits per heavy atom. The van der Waals surface area contributed by atoms with Crippen LogP contribution in [-0.4, -0.2) is 4.98 Å². The van der Waals surface area contributed by atoms with Crippen LogP contribution >= 0.6 is 0 Å². The van der Waals surface area contributed by atoms with Gasteiger partial charge in [-0.2, -0.15) is 12.1 Å². The number of halogens is 1. The maximum absolute atomic E-state index is 12.2. The summed E-state index contributed by atoms with van der Waals surface area (Å²) in [7, 11) is 0. The molecule has 0 fully saturated rings. The van der Waals surface area contributed by atoms with Crippen molar-refractivity contribution < 1.29 is 23.3 Å². The molecule has 0 bridgehead atoms. The predicted octanol–water partition coefficient (Wildman–Crippen LogP) is -1.67. The molecule has 0 aliphatic carbocycles. The maximum atomic E-state index is 12.2. The molecule has 0 spiro atoms. The minimum absolute atomic E-state index is 0. The molecule has 0 unspecified atom stereocenters. The van der Waals surface area contributed by atoms with Crippen LogP contribution in [0.25, 0.3) is 0 Å². The molecule has 3 heteroatoms. The standard InChI is InChI=1S/C6H5FN.Li/c1-5-3-2-4-8-6(5)7;/h2,4H,1H3;/q-1;+1. The van der Waals surface area contributed by atoms with Gasteiger partial charge in [0.25, 0.3) is 0 Å². The molecule has 0 amide bonds. The predicted molar refractivity (Wildman–Crippen MR) is 27.8 cm³/mol. The Labute approximate surface area is 65.5 Å². The SMILES string of the molecule is Cc1[c-]ccnc1F.[Li+]. The van der Waals surface area contributed by atoms with Crippen LogP contribution in [0.1, 0.15) is 5.56 Å². The van der Waals surface area contributed by atoms with Crippen molar-refractivity contribution in [1.29, 1.82) is 0 Å². The first-order valence-corrected chi connectivity index (χ1v) is 2.29. The number of aromatic nitrogens is 1. The van der Waals surface area contributed by atoms with Crippen molar-refractivity contribution in [1.82, 2.24) is 4.98 Å². The first kappa shape index (κ1) is 8.68. The van der Waals surface area contributed by atoms with E-state index < -0.39 is 5.95 Å². The molecule has 1 rings (SSSR count). The third-order valence-electron chi connectivity index (χ3n) is 0.872. The first-order valence-electron chi connectivity index (χ1n) is 2.29. The van der Waals surface area contributed by atoms with Gasteiger partial charge in [-0.15, -0.1) is 5.56 Å². The molecule has 0 aliphatic heterocycles. The number of rotatable bonds is 0. The molecule has 9 heavy (non-hydrogen) atoms. The zero-order valence-corrected chi connectivity index (χ0v) is 5.48. The van der Waals surface area contributed by atoms with Crippen LogP contribution in [-0.2, 0) is 0 Å². The van der Waals surface area contributed by atoms with Crippen molar-refractivity contribution in [3.8, 4) is 0 Å². The molecule has 0 aromatic carbocycles. The van der Waals surface area contributed by atoms with Crippen molar-refractivity contribution in [3.05, 3.63) is 29.8 Å². The average Bonchev–Trinajstić information content (AvgIpc) is 1.77. The van der Waals surface area contributed by atoms with Crippen LogP contribution in [0.4, 0.5) is 4.39 Å². The van der Waals surface area contributed by atoms with E-state index in [1.807, 2.05) is 0 Å². The summed E-state index contributed by atoms with van der Waals surface area (Å²) in [5.74, 6) is -0.437.